The van der Waals surface area contributed by atoms with Gasteiger partial charge in [-0.3, -0.25) is 9.59 Å². The van der Waals surface area contributed by atoms with Crippen LogP contribution >= 0.6 is 0 Å². The maximum absolute atomic E-state index is 12.1. The Balaban J connectivity index is 1.56. The Hall–Kier alpha value is -3.72. The molecule has 0 spiro atoms. The number of benzene rings is 2. The van der Waals surface area contributed by atoms with Gasteiger partial charge in [-0.1, -0.05) is 71.0 Å². The highest BCUT2D eigenvalue weighted by Gasteiger charge is 2.14. The molecule has 5 N–H and O–H groups in total. The topological polar surface area (TPSA) is 135 Å². The Bertz CT molecular complexity index is 812. The van der Waals surface area contributed by atoms with Crippen molar-refractivity contribution in [3.8, 4) is 0 Å². The molecule has 9 nitrogen and oxygen atoms in total. The normalized spacial score (nSPS) is 11.7. The molecule has 0 fully saturated rings. The molecule has 9 heteroatoms. The summed E-state index contributed by atoms with van der Waals surface area (Å²) in [5.41, 5.74) is 1.05. The molecular weight excluding hydrogens is 398 g/mol. The lowest BCUT2D eigenvalue weighted by Gasteiger charge is -2.09. The van der Waals surface area contributed by atoms with Crippen LogP contribution in [0.4, 0.5) is 0 Å². The molecule has 2 rings (SSSR count). The SMILES string of the molecule is O=C(NCCCNCCCNC(=O)/C(=N/O)c1ccccc1)/C(=N\O)c1ccccc1. The summed E-state index contributed by atoms with van der Waals surface area (Å²) in [7, 11) is 0. The number of hydrogen-bond donors (Lipinski definition) is 5. The summed E-state index contributed by atoms with van der Waals surface area (Å²) in [5.74, 6) is -0.868. The van der Waals surface area contributed by atoms with Gasteiger partial charge in [-0.15, -0.1) is 0 Å². The minimum absolute atomic E-state index is 0.0226. The average Bonchev–Trinajstić information content (AvgIpc) is 2.80. The van der Waals surface area contributed by atoms with Gasteiger partial charge in [-0.05, 0) is 25.9 Å². The zero-order valence-electron chi connectivity index (χ0n) is 17.1. The van der Waals surface area contributed by atoms with Crippen molar-refractivity contribution in [1.29, 1.82) is 0 Å². The summed E-state index contributed by atoms with van der Waals surface area (Å²) < 4.78 is 0. The number of nitrogens with zero attached hydrogens (tertiary/aromatic N) is 2. The second-order valence-electron chi connectivity index (χ2n) is 6.60. The van der Waals surface area contributed by atoms with Crippen LogP contribution in [0.3, 0.4) is 0 Å². The van der Waals surface area contributed by atoms with Crippen molar-refractivity contribution in [1.82, 2.24) is 16.0 Å². The van der Waals surface area contributed by atoms with E-state index in [1.165, 1.54) is 0 Å². The summed E-state index contributed by atoms with van der Waals surface area (Å²) in [6.07, 6.45) is 1.39. The maximum atomic E-state index is 12.1. The summed E-state index contributed by atoms with van der Waals surface area (Å²) in [6.45, 7) is 2.22. The van der Waals surface area contributed by atoms with Crippen molar-refractivity contribution in [3.63, 3.8) is 0 Å². The fraction of sp³-hybridized carbons (Fsp3) is 0.273. The van der Waals surface area contributed by atoms with E-state index in [1.807, 2.05) is 12.1 Å². The molecular formula is C22H27N5O4. The monoisotopic (exact) mass is 425 g/mol. The van der Waals surface area contributed by atoms with Crippen LogP contribution in [0.2, 0.25) is 0 Å². The highest BCUT2D eigenvalue weighted by atomic mass is 16.4. The predicted octanol–water partition coefficient (Wildman–Crippen LogP) is 1.35. The van der Waals surface area contributed by atoms with E-state index < -0.39 is 11.8 Å². The van der Waals surface area contributed by atoms with Crippen molar-refractivity contribution in [2.45, 2.75) is 12.8 Å². The van der Waals surface area contributed by atoms with Gasteiger partial charge in [0.15, 0.2) is 11.4 Å². The van der Waals surface area contributed by atoms with Crippen LogP contribution in [0.25, 0.3) is 0 Å². The number of hydrogen-bond acceptors (Lipinski definition) is 7. The van der Waals surface area contributed by atoms with E-state index in [9.17, 15) is 9.59 Å². The van der Waals surface area contributed by atoms with Crippen LogP contribution in [0.15, 0.2) is 71.0 Å². The van der Waals surface area contributed by atoms with Gasteiger partial charge in [0.1, 0.15) is 0 Å². The molecule has 0 aliphatic carbocycles. The third-order valence-electron chi connectivity index (χ3n) is 4.36. The molecule has 2 aromatic carbocycles. The van der Waals surface area contributed by atoms with Gasteiger partial charge in [-0.2, -0.15) is 0 Å². The van der Waals surface area contributed by atoms with Crippen molar-refractivity contribution < 1.29 is 20.0 Å². The molecule has 0 heterocycles. The van der Waals surface area contributed by atoms with Crippen molar-refractivity contribution in [2.24, 2.45) is 10.3 Å². The Morgan fingerprint density at radius 3 is 1.39 bits per heavy atom. The van der Waals surface area contributed by atoms with Crippen molar-refractivity contribution in [3.05, 3.63) is 71.8 Å². The summed E-state index contributed by atoms with van der Waals surface area (Å²) in [4.78, 5) is 24.2. The second-order valence-corrected chi connectivity index (χ2v) is 6.60. The van der Waals surface area contributed by atoms with Gasteiger partial charge < -0.3 is 26.4 Å². The summed E-state index contributed by atoms with van der Waals surface area (Å²) in [5, 5.41) is 33.0. The van der Waals surface area contributed by atoms with Crippen LogP contribution in [0, 0.1) is 0 Å². The number of oxime groups is 2. The molecule has 0 radical (unpaired) electrons. The summed E-state index contributed by atoms with van der Waals surface area (Å²) >= 11 is 0. The van der Waals surface area contributed by atoms with Gasteiger partial charge in [0.25, 0.3) is 11.8 Å². The van der Waals surface area contributed by atoms with Crippen LogP contribution in [-0.4, -0.2) is 59.8 Å². The number of amides is 2. The zero-order valence-corrected chi connectivity index (χ0v) is 17.1. The van der Waals surface area contributed by atoms with Crippen molar-refractivity contribution in [2.75, 3.05) is 26.2 Å². The Labute approximate surface area is 180 Å². The molecule has 0 bridgehead atoms. The van der Waals surface area contributed by atoms with E-state index in [0.29, 0.717) is 50.1 Å². The third-order valence-corrected chi connectivity index (χ3v) is 4.36. The van der Waals surface area contributed by atoms with E-state index in [0.717, 1.165) is 0 Å². The van der Waals surface area contributed by atoms with E-state index in [1.54, 1.807) is 48.5 Å². The number of carbonyl (C=O) groups is 2. The molecule has 0 aliphatic heterocycles. The van der Waals surface area contributed by atoms with E-state index >= 15 is 0 Å². The van der Waals surface area contributed by atoms with E-state index in [4.69, 9.17) is 10.4 Å². The highest BCUT2D eigenvalue weighted by Crippen LogP contribution is 2.02. The Morgan fingerprint density at radius 1 is 0.645 bits per heavy atom. The molecule has 0 unspecified atom stereocenters. The van der Waals surface area contributed by atoms with Crippen LogP contribution in [-0.2, 0) is 9.59 Å². The third kappa shape index (κ3) is 7.90. The minimum Gasteiger partial charge on any atom is -0.410 e. The smallest absolute Gasteiger partial charge is 0.273 e. The number of carbonyl (C=O) groups excluding carboxylic acids is 2. The Morgan fingerprint density at radius 2 is 1.03 bits per heavy atom. The molecule has 2 amide bonds. The molecule has 0 saturated carbocycles. The largest absolute Gasteiger partial charge is 0.410 e. The first kappa shape index (κ1) is 23.6. The molecule has 2 aromatic rings. The van der Waals surface area contributed by atoms with Crippen LogP contribution in [0.5, 0.6) is 0 Å². The molecule has 0 saturated heterocycles. The standard InChI is InChI=1S/C22H27N5O4/c28-21(19(26-30)17-9-3-1-4-10-17)24-15-7-13-23-14-8-16-25-22(29)20(27-31)18-11-5-2-6-12-18/h1-6,9-12,23,30-31H,7-8,13-16H2,(H,24,28)(H,25,29)/b26-19-,27-20+. The van der Waals surface area contributed by atoms with Gasteiger partial charge in [0.05, 0.1) is 0 Å². The molecule has 0 aliphatic rings. The number of rotatable bonds is 12. The van der Waals surface area contributed by atoms with Gasteiger partial charge in [0.2, 0.25) is 0 Å². The molecule has 164 valence electrons. The van der Waals surface area contributed by atoms with Crippen molar-refractivity contribution >= 4 is 23.2 Å². The fourth-order valence-corrected chi connectivity index (χ4v) is 2.78. The average molecular weight is 425 g/mol. The Kier molecular flexibility index (Phi) is 10.3. The zero-order chi connectivity index (χ0) is 22.3. The highest BCUT2D eigenvalue weighted by molar-refractivity contribution is 6.45. The summed E-state index contributed by atoms with van der Waals surface area (Å²) in [6, 6.07) is 17.5. The lowest BCUT2D eigenvalue weighted by Crippen LogP contribution is -2.35. The van der Waals surface area contributed by atoms with E-state index in [-0.39, 0.29) is 11.4 Å². The molecule has 0 aromatic heterocycles. The fourth-order valence-electron chi connectivity index (χ4n) is 2.78. The van der Waals surface area contributed by atoms with E-state index in [2.05, 4.69) is 26.3 Å². The lowest BCUT2D eigenvalue weighted by molar-refractivity contribution is -0.115. The quantitative estimate of drug-likeness (QED) is 0.151. The van der Waals surface area contributed by atoms with Crippen LogP contribution in [0.1, 0.15) is 24.0 Å². The second kappa shape index (κ2) is 13.5. The van der Waals surface area contributed by atoms with Gasteiger partial charge in [-0.25, -0.2) is 0 Å². The maximum Gasteiger partial charge on any atom is 0.273 e. The van der Waals surface area contributed by atoms with Crippen LogP contribution < -0.4 is 16.0 Å². The first-order valence-electron chi connectivity index (χ1n) is 9.99. The lowest BCUT2D eigenvalue weighted by atomic mass is 10.1. The molecule has 0 atom stereocenters. The molecule has 31 heavy (non-hydrogen) atoms. The first-order valence-corrected chi connectivity index (χ1v) is 9.99. The van der Waals surface area contributed by atoms with Gasteiger partial charge >= 0.3 is 0 Å². The minimum atomic E-state index is -0.434. The first-order chi connectivity index (χ1) is 15.2. The van der Waals surface area contributed by atoms with Gasteiger partial charge in [0, 0.05) is 24.2 Å². The number of nitrogens with one attached hydrogen (secondary N) is 3. The predicted molar refractivity (Wildman–Crippen MR) is 118 cm³/mol.